The maximum Gasteiger partial charge on any atom is 0.292 e. The molecule has 2 N–H and O–H groups in total. The third kappa shape index (κ3) is 2.88. The third-order valence-corrected chi connectivity index (χ3v) is 4.24. The Labute approximate surface area is 138 Å². The molecule has 1 aromatic carbocycles. The Hall–Kier alpha value is -2.74. The Morgan fingerprint density at radius 3 is 2.71 bits per heavy atom. The van der Waals surface area contributed by atoms with E-state index >= 15 is 0 Å². The molecule has 2 aliphatic heterocycles. The molecule has 0 bridgehead atoms. The minimum Gasteiger partial charge on any atom is -0.454 e. The molecule has 0 aliphatic carbocycles. The van der Waals surface area contributed by atoms with E-state index in [4.69, 9.17) is 19.6 Å². The first-order valence-electron chi connectivity index (χ1n) is 7.80. The lowest BCUT2D eigenvalue weighted by Crippen LogP contribution is -2.48. The number of fused-ring (bicyclic) bond motifs is 1. The Morgan fingerprint density at radius 2 is 1.96 bits per heavy atom. The van der Waals surface area contributed by atoms with Crippen molar-refractivity contribution in [2.45, 2.75) is 6.54 Å². The van der Waals surface area contributed by atoms with Crippen LogP contribution in [0, 0.1) is 0 Å². The van der Waals surface area contributed by atoms with E-state index in [-0.39, 0.29) is 24.4 Å². The van der Waals surface area contributed by atoms with E-state index in [1.165, 1.54) is 11.8 Å². The normalized spacial score (nSPS) is 17.2. The lowest BCUT2D eigenvalue weighted by molar-refractivity contribution is 0.0622. The number of amides is 1. The summed E-state index contributed by atoms with van der Waals surface area (Å²) in [5, 5.41) is 0. The van der Waals surface area contributed by atoms with Crippen LogP contribution in [-0.2, 0) is 6.54 Å². The number of hydrogen-bond acceptors (Lipinski definition) is 7. The van der Waals surface area contributed by atoms with Gasteiger partial charge in [-0.05, 0) is 17.7 Å². The zero-order valence-electron chi connectivity index (χ0n) is 13.1. The van der Waals surface area contributed by atoms with Crippen LogP contribution in [-0.4, -0.2) is 53.7 Å². The molecule has 8 heteroatoms. The lowest BCUT2D eigenvalue weighted by Gasteiger charge is -2.34. The van der Waals surface area contributed by atoms with Crippen molar-refractivity contribution in [1.29, 1.82) is 0 Å². The number of nitrogen functional groups attached to an aromatic ring is 1. The van der Waals surface area contributed by atoms with E-state index in [2.05, 4.69) is 9.88 Å². The summed E-state index contributed by atoms with van der Waals surface area (Å²) in [6.07, 6.45) is 1.30. The summed E-state index contributed by atoms with van der Waals surface area (Å²) in [5.74, 6) is 1.45. The average Bonchev–Trinajstić information content (AvgIpc) is 3.23. The third-order valence-electron chi connectivity index (χ3n) is 4.24. The molecule has 0 unspecified atom stereocenters. The van der Waals surface area contributed by atoms with Gasteiger partial charge in [-0.2, -0.15) is 4.98 Å². The van der Waals surface area contributed by atoms with Crippen molar-refractivity contribution >= 4 is 11.9 Å². The summed E-state index contributed by atoms with van der Waals surface area (Å²) < 4.78 is 15.6. The fourth-order valence-electron chi connectivity index (χ4n) is 2.95. The summed E-state index contributed by atoms with van der Waals surface area (Å²) in [6, 6.07) is 6.01. The Kier molecular flexibility index (Phi) is 3.73. The number of carbonyl (C=O) groups excluding carboxylic acids is 1. The molecule has 0 radical (unpaired) electrons. The standard InChI is InChI=1S/C16H18N4O4/c17-16-18-12(9-22-16)15(21)20-5-3-19(4-6-20)8-11-1-2-13-14(7-11)24-10-23-13/h1-2,7,9H,3-6,8,10H2,(H2,17,18). The van der Waals surface area contributed by atoms with Crippen molar-refractivity contribution < 1.29 is 18.7 Å². The van der Waals surface area contributed by atoms with Crippen LogP contribution in [0.15, 0.2) is 28.9 Å². The molecular weight excluding hydrogens is 312 g/mol. The van der Waals surface area contributed by atoms with E-state index in [9.17, 15) is 4.79 Å². The molecule has 3 heterocycles. The van der Waals surface area contributed by atoms with E-state index in [0.717, 1.165) is 31.1 Å². The second-order valence-electron chi connectivity index (χ2n) is 5.83. The van der Waals surface area contributed by atoms with Crippen LogP contribution in [0.3, 0.4) is 0 Å². The van der Waals surface area contributed by atoms with Crippen molar-refractivity contribution in [3.63, 3.8) is 0 Å². The maximum absolute atomic E-state index is 12.3. The van der Waals surface area contributed by atoms with Crippen LogP contribution in [0.5, 0.6) is 11.5 Å². The summed E-state index contributed by atoms with van der Waals surface area (Å²) in [5.41, 5.74) is 6.85. The lowest BCUT2D eigenvalue weighted by atomic mass is 10.1. The second-order valence-corrected chi connectivity index (χ2v) is 5.83. The molecule has 0 spiro atoms. The summed E-state index contributed by atoms with van der Waals surface area (Å²) in [7, 11) is 0. The quantitative estimate of drug-likeness (QED) is 0.895. The zero-order valence-corrected chi connectivity index (χ0v) is 13.1. The number of rotatable bonds is 3. The number of ether oxygens (including phenoxy) is 2. The van der Waals surface area contributed by atoms with Gasteiger partial charge in [0.1, 0.15) is 6.26 Å². The highest BCUT2D eigenvalue weighted by molar-refractivity contribution is 5.92. The number of nitrogens with zero attached hydrogens (tertiary/aromatic N) is 3. The van der Waals surface area contributed by atoms with Gasteiger partial charge in [-0.3, -0.25) is 9.69 Å². The van der Waals surface area contributed by atoms with Crippen molar-refractivity contribution in [3.05, 3.63) is 35.7 Å². The highest BCUT2D eigenvalue weighted by atomic mass is 16.7. The summed E-state index contributed by atoms with van der Waals surface area (Å²) in [4.78, 5) is 20.3. The molecule has 1 saturated heterocycles. The topological polar surface area (TPSA) is 94.1 Å². The monoisotopic (exact) mass is 330 g/mol. The first-order valence-corrected chi connectivity index (χ1v) is 7.80. The smallest absolute Gasteiger partial charge is 0.292 e. The molecule has 1 aromatic heterocycles. The predicted octanol–water partition coefficient (Wildman–Crippen LogP) is 0.943. The Balaban J connectivity index is 1.34. The first-order chi connectivity index (χ1) is 11.7. The van der Waals surface area contributed by atoms with Gasteiger partial charge < -0.3 is 24.5 Å². The van der Waals surface area contributed by atoms with Crippen LogP contribution in [0.1, 0.15) is 16.1 Å². The molecule has 4 rings (SSSR count). The first kappa shape index (κ1) is 14.8. The van der Waals surface area contributed by atoms with Gasteiger partial charge in [-0.1, -0.05) is 6.07 Å². The van der Waals surface area contributed by atoms with Gasteiger partial charge in [0.2, 0.25) is 6.79 Å². The highest BCUT2D eigenvalue weighted by Gasteiger charge is 2.24. The summed E-state index contributed by atoms with van der Waals surface area (Å²) >= 11 is 0. The average molecular weight is 330 g/mol. The molecule has 1 fully saturated rings. The van der Waals surface area contributed by atoms with Gasteiger partial charge in [-0.15, -0.1) is 0 Å². The van der Waals surface area contributed by atoms with Crippen LogP contribution in [0.25, 0.3) is 0 Å². The van der Waals surface area contributed by atoms with Crippen molar-refractivity contribution in [2.75, 3.05) is 38.7 Å². The molecule has 126 valence electrons. The molecular formula is C16H18N4O4. The Morgan fingerprint density at radius 1 is 1.17 bits per heavy atom. The zero-order chi connectivity index (χ0) is 16.5. The molecule has 0 atom stereocenters. The maximum atomic E-state index is 12.3. The van der Waals surface area contributed by atoms with Crippen LogP contribution in [0.4, 0.5) is 6.01 Å². The molecule has 0 saturated carbocycles. The number of nitrogens with two attached hydrogens (primary N) is 1. The SMILES string of the molecule is Nc1nc(C(=O)N2CCN(Cc3ccc4c(c3)OCO4)CC2)co1. The fourth-order valence-corrected chi connectivity index (χ4v) is 2.95. The van der Waals surface area contributed by atoms with E-state index in [0.29, 0.717) is 13.1 Å². The molecule has 2 aliphatic rings. The van der Waals surface area contributed by atoms with Gasteiger partial charge >= 0.3 is 0 Å². The van der Waals surface area contributed by atoms with E-state index < -0.39 is 0 Å². The number of anilines is 1. The van der Waals surface area contributed by atoms with Gasteiger partial charge in [0.25, 0.3) is 11.9 Å². The largest absolute Gasteiger partial charge is 0.454 e. The summed E-state index contributed by atoms with van der Waals surface area (Å²) in [6.45, 7) is 4.00. The van der Waals surface area contributed by atoms with Gasteiger partial charge in [0, 0.05) is 32.7 Å². The number of piperazine rings is 1. The predicted molar refractivity (Wildman–Crippen MR) is 84.7 cm³/mol. The number of benzene rings is 1. The number of carbonyl (C=O) groups is 1. The van der Waals surface area contributed by atoms with Crippen LogP contribution in [0.2, 0.25) is 0 Å². The second kappa shape index (κ2) is 6.04. The van der Waals surface area contributed by atoms with Gasteiger partial charge in [0.05, 0.1) is 0 Å². The highest BCUT2D eigenvalue weighted by Crippen LogP contribution is 2.32. The van der Waals surface area contributed by atoms with Crippen molar-refractivity contribution in [2.24, 2.45) is 0 Å². The number of oxazole rings is 1. The van der Waals surface area contributed by atoms with Crippen molar-refractivity contribution in [1.82, 2.24) is 14.8 Å². The van der Waals surface area contributed by atoms with E-state index in [1.807, 2.05) is 18.2 Å². The Bertz CT molecular complexity index is 752. The van der Waals surface area contributed by atoms with Gasteiger partial charge in [0.15, 0.2) is 17.2 Å². The molecule has 1 amide bonds. The minimum absolute atomic E-state index is 0.0137. The molecule has 8 nitrogen and oxygen atoms in total. The number of aromatic nitrogens is 1. The fraction of sp³-hybridized carbons (Fsp3) is 0.375. The number of hydrogen-bond donors (Lipinski definition) is 1. The van der Waals surface area contributed by atoms with Crippen molar-refractivity contribution in [3.8, 4) is 11.5 Å². The van der Waals surface area contributed by atoms with Gasteiger partial charge in [-0.25, -0.2) is 0 Å². The van der Waals surface area contributed by atoms with Crippen LogP contribution >= 0.6 is 0 Å². The van der Waals surface area contributed by atoms with E-state index in [1.54, 1.807) is 4.90 Å². The minimum atomic E-state index is -0.141. The molecule has 24 heavy (non-hydrogen) atoms. The van der Waals surface area contributed by atoms with Crippen LogP contribution < -0.4 is 15.2 Å². The molecule has 2 aromatic rings.